The van der Waals surface area contributed by atoms with Crippen molar-refractivity contribution in [3.8, 4) is 0 Å². The van der Waals surface area contributed by atoms with E-state index in [1.165, 1.54) is 6.92 Å². The van der Waals surface area contributed by atoms with E-state index < -0.39 is 21.0 Å². The van der Waals surface area contributed by atoms with Crippen LogP contribution < -0.4 is 5.32 Å². The van der Waals surface area contributed by atoms with Gasteiger partial charge in [0.1, 0.15) is 5.25 Å². The molecule has 0 aromatic heterocycles. The van der Waals surface area contributed by atoms with Gasteiger partial charge in [-0.05, 0) is 25.8 Å². The number of sulfone groups is 1. The number of amides is 1. The van der Waals surface area contributed by atoms with Gasteiger partial charge in [0.25, 0.3) is 0 Å². The third kappa shape index (κ3) is 4.67. The van der Waals surface area contributed by atoms with Crippen LogP contribution in [0.4, 0.5) is 0 Å². The Morgan fingerprint density at radius 1 is 1.26 bits per heavy atom. The second-order valence-electron chi connectivity index (χ2n) is 4.73. The van der Waals surface area contributed by atoms with Crippen molar-refractivity contribution in [1.82, 2.24) is 5.32 Å². The normalized spacial score (nSPS) is 13.0. The van der Waals surface area contributed by atoms with Gasteiger partial charge >= 0.3 is 0 Å². The van der Waals surface area contributed by atoms with Crippen molar-refractivity contribution in [1.29, 1.82) is 0 Å². The minimum atomic E-state index is -3.47. The predicted octanol–water partition coefficient (Wildman–Crippen LogP) is 1.82. The molecule has 0 saturated heterocycles. The highest BCUT2D eigenvalue weighted by Gasteiger charge is 2.27. The summed E-state index contributed by atoms with van der Waals surface area (Å²) in [5.41, 5.74) is 1.79. The van der Waals surface area contributed by atoms with E-state index in [1.54, 1.807) is 12.1 Å². The van der Waals surface area contributed by atoms with Crippen molar-refractivity contribution in [3.05, 3.63) is 35.4 Å². The number of carbonyl (C=O) groups excluding carboxylic acids is 1. The largest absolute Gasteiger partial charge is 0.355 e. The average Bonchev–Trinajstić information content (AvgIpc) is 2.37. The molecule has 0 spiro atoms. The lowest BCUT2D eigenvalue weighted by Crippen LogP contribution is -2.38. The van der Waals surface area contributed by atoms with E-state index in [4.69, 9.17) is 0 Å². The van der Waals surface area contributed by atoms with Crippen molar-refractivity contribution in [2.24, 2.45) is 0 Å². The summed E-state index contributed by atoms with van der Waals surface area (Å²) in [6, 6.07) is 7.30. The second kappa shape index (κ2) is 6.70. The summed E-state index contributed by atoms with van der Waals surface area (Å²) in [7, 11) is -3.47. The van der Waals surface area contributed by atoms with Gasteiger partial charge in [0.2, 0.25) is 5.91 Å². The van der Waals surface area contributed by atoms with Crippen LogP contribution in [0.5, 0.6) is 0 Å². The molecule has 0 heterocycles. The quantitative estimate of drug-likeness (QED) is 0.866. The van der Waals surface area contributed by atoms with Crippen molar-refractivity contribution in [3.63, 3.8) is 0 Å². The molecule has 1 N–H and O–H groups in total. The molecule has 5 heteroatoms. The summed E-state index contributed by atoms with van der Waals surface area (Å²) in [6.07, 6.45) is 0.788. The fourth-order valence-corrected chi connectivity index (χ4v) is 2.91. The van der Waals surface area contributed by atoms with Crippen molar-refractivity contribution >= 4 is 15.7 Å². The van der Waals surface area contributed by atoms with Crippen molar-refractivity contribution in [2.45, 2.75) is 38.2 Å². The zero-order valence-electron chi connectivity index (χ0n) is 11.6. The molecule has 1 amide bonds. The van der Waals surface area contributed by atoms with Gasteiger partial charge in [-0.1, -0.05) is 36.8 Å². The molecule has 0 aliphatic rings. The van der Waals surface area contributed by atoms with Gasteiger partial charge in [0, 0.05) is 6.54 Å². The van der Waals surface area contributed by atoms with Crippen LogP contribution in [0.2, 0.25) is 0 Å². The molecule has 0 fully saturated rings. The Morgan fingerprint density at radius 2 is 1.84 bits per heavy atom. The van der Waals surface area contributed by atoms with Gasteiger partial charge in [0.15, 0.2) is 9.84 Å². The zero-order valence-corrected chi connectivity index (χ0v) is 12.5. The van der Waals surface area contributed by atoms with Crippen molar-refractivity contribution < 1.29 is 13.2 Å². The summed E-state index contributed by atoms with van der Waals surface area (Å²) in [4.78, 5) is 11.7. The Kier molecular flexibility index (Phi) is 5.54. The number of aryl methyl sites for hydroxylation is 1. The molecule has 1 aromatic carbocycles. The van der Waals surface area contributed by atoms with E-state index in [0.29, 0.717) is 12.1 Å². The van der Waals surface area contributed by atoms with Crippen LogP contribution in [0.15, 0.2) is 24.3 Å². The van der Waals surface area contributed by atoms with Crippen LogP contribution in [0.25, 0.3) is 0 Å². The van der Waals surface area contributed by atoms with Crippen LogP contribution in [0.3, 0.4) is 0 Å². The third-order valence-electron chi connectivity index (χ3n) is 2.95. The molecule has 4 nitrogen and oxygen atoms in total. The molecule has 0 saturated carbocycles. The summed E-state index contributed by atoms with van der Waals surface area (Å²) < 4.78 is 24.3. The maximum Gasteiger partial charge on any atom is 0.238 e. The number of hydrogen-bond acceptors (Lipinski definition) is 3. The Bertz CT molecular complexity index is 520. The number of carbonyl (C=O) groups is 1. The van der Waals surface area contributed by atoms with Gasteiger partial charge < -0.3 is 5.32 Å². The fourth-order valence-electron chi connectivity index (χ4n) is 1.60. The van der Waals surface area contributed by atoms with Crippen LogP contribution in [0.1, 0.15) is 31.4 Å². The summed E-state index contributed by atoms with van der Waals surface area (Å²) in [5, 5.41) is 1.60. The van der Waals surface area contributed by atoms with Gasteiger partial charge in [-0.2, -0.15) is 0 Å². The number of hydrogen-bond donors (Lipinski definition) is 1. The standard InChI is InChI=1S/C14H21NO3S/c1-4-9-15-14(16)12(3)19(17,18)10-13-7-5-11(2)6-8-13/h5-8,12H,4,9-10H2,1-3H3,(H,15,16)/t12-/m0/s1. The van der Waals surface area contributed by atoms with Gasteiger partial charge in [0.05, 0.1) is 5.75 Å². The zero-order chi connectivity index (χ0) is 14.5. The average molecular weight is 283 g/mol. The Hall–Kier alpha value is -1.36. The molecule has 0 radical (unpaired) electrons. The molecule has 106 valence electrons. The number of rotatable bonds is 6. The van der Waals surface area contributed by atoms with E-state index in [9.17, 15) is 13.2 Å². The van der Waals surface area contributed by atoms with Crippen LogP contribution >= 0.6 is 0 Å². The first-order chi connectivity index (χ1) is 8.86. The highest BCUT2D eigenvalue weighted by atomic mass is 32.2. The molecule has 19 heavy (non-hydrogen) atoms. The molecule has 0 unspecified atom stereocenters. The SMILES string of the molecule is CCCNC(=O)[C@H](C)S(=O)(=O)Cc1ccc(C)cc1. The predicted molar refractivity (Wildman–Crippen MR) is 76.6 cm³/mol. The van der Waals surface area contributed by atoms with Gasteiger partial charge in [-0.25, -0.2) is 8.42 Å². The lowest BCUT2D eigenvalue weighted by Gasteiger charge is -2.13. The maximum atomic E-state index is 12.1. The highest BCUT2D eigenvalue weighted by molar-refractivity contribution is 7.92. The molecule has 0 aliphatic carbocycles. The Morgan fingerprint density at radius 3 is 2.37 bits per heavy atom. The van der Waals surface area contributed by atoms with Crippen LogP contribution in [0, 0.1) is 6.92 Å². The first kappa shape index (κ1) is 15.7. The molecular weight excluding hydrogens is 262 g/mol. The van der Waals surface area contributed by atoms with Crippen LogP contribution in [-0.4, -0.2) is 26.1 Å². The first-order valence-corrected chi connectivity index (χ1v) is 8.13. The minimum Gasteiger partial charge on any atom is -0.355 e. The summed E-state index contributed by atoms with van der Waals surface area (Å²) >= 11 is 0. The second-order valence-corrected chi connectivity index (χ2v) is 7.05. The van der Waals surface area contributed by atoms with E-state index in [-0.39, 0.29) is 5.75 Å². The first-order valence-electron chi connectivity index (χ1n) is 6.41. The fraction of sp³-hybridized carbons (Fsp3) is 0.500. The molecule has 1 atom stereocenters. The maximum absolute atomic E-state index is 12.1. The number of benzene rings is 1. The van der Waals surface area contributed by atoms with E-state index in [1.807, 2.05) is 26.0 Å². The molecule has 0 aliphatic heterocycles. The topological polar surface area (TPSA) is 63.2 Å². The van der Waals surface area contributed by atoms with E-state index >= 15 is 0 Å². The third-order valence-corrected chi connectivity index (χ3v) is 4.97. The molecule has 1 rings (SSSR count). The Labute approximate surface area is 115 Å². The monoisotopic (exact) mass is 283 g/mol. The summed E-state index contributed by atoms with van der Waals surface area (Å²) in [6.45, 7) is 5.81. The van der Waals surface area contributed by atoms with E-state index in [0.717, 1.165) is 12.0 Å². The lowest BCUT2D eigenvalue weighted by molar-refractivity contribution is -0.120. The van der Waals surface area contributed by atoms with Gasteiger partial charge in [-0.3, -0.25) is 4.79 Å². The number of nitrogens with one attached hydrogen (secondary N) is 1. The minimum absolute atomic E-state index is 0.103. The van der Waals surface area contributed by atoms with Gasteiger partial charge in [-0.15, -0.1) is 0 Å². The molecule has 1 aromatic rings. The summed E-state index contributed by atoms with van der Waals surface area (Å²) in [5.74, 6) is -0.525. The van der Waals surface area contributed by atoms with Crippen molar-refractivity contribution in [2.75, 3.05) is 6.54 Å². The van der Waals surface area contributed by atoms with E-state index in [2.05, 4.69) is 5.32 Å². The molecular formula is C14H21NO3S. The Balaban J connectivity index is 2.75. The highest BCUT2D eigenvalue weighted by Crippen LogP contribution is 2.12. The lowest BCUT2D eigenvalue weighted by atomic mass is 10.2. The van der Waals surface area contributed by atoms with Crippen LogP contribution in [-0.2, 0) is 20.4 Å². The smallest absolute Gasteiger partial charge is 0.238 e. The molecule has 0 bridgehead atoms.